The van der Waals surface area contributed by atoms with Gasteiger partial charge in [-0.2, -0.15) is 0 Å². The monoisotopic (exact) mass is 526 g/mol. The van der Waals surface area contributed by atoms with Gasteiger partial charge in [0.2, 0.25) is 0 Å². The Morgan fingerprint density at radius 2 is 0.811 bits per heavy atom. The van der Waals surface area contributed by atoms with Crippen LogP contribution in [0.3, 0.4) is 0 Å². The maximum atomic E-state index is 10.6. The lowest BCUT2D eigenvalue weighted by Crippen LogP contribution is -1.93. The topological polar surface area (TPSA) is 40.5 Å². The van der Waals surface area contributed by atoms with E-state index >= 15 is 0 Å². The summed E-state index contributed by atoms with van der Waals surface area (Å²) in [6.07, 6.45) is 22.7. The molecular formula is C34H54O2S. The fraction of sp³-hybridized carbons (Fsp3) is 0.647. The standard InChI is InChI=1S/C34H54O2S/c1-5-7-9-11-13-15-17-19-21-29-25-33(27(3)23-31(29)35)37-34-26-30(32(36)24-28(34)4)22-20-18-16-14-12-10-8-6-2/h23-26,35-36H,5-22H2,1-4H3. The van der Waals surface area contributed by atoms with Crippen molar-refractivity contribution in [1.82, 2.24) is 0 Å². The van der Waals surface area contributed by atoms with E-state index < -0.39 is 0 Å². The minimum absolute atomic E-state index is 0.433. The molecule has 0 atom stereocenters. The Labute approximate surface area is 232 Å². The van der Waals surface area contributed by atoms with E-state index in [1.54, 1.807) is 11.8 Å². The minimum atomic E-state index is 0.433. The highest BCUT2D eigenvalue weighted by Crippen LogP contribution is 2.38. The number of unbranched alkanes of at least 4 members (excludes halogenated alkanes) is 14. The summed E-state index contributed by atoms with van der Waals surface area (Å²) in [4.78, 5) is 2.42. The zero-order valence-corrected chi connectivity index (χ0v) is 25.2. The summed E-state index contributed by atoms with van der Waals surface area (Å²) in [6.45, 7) is 8.69. The Kier molecular flexibility index (Phi) is 15.9. The van der Waals surface area contributed by atoms with E-state index in [1.165, 1.54) is 99.7 Å². The third kappa shape index (κ3) is 12.2. The number of rotatable bonds is 20. The number of benzene rings is 2. The average molecular weight is 527 g/mol. The van der Waals surface area contributed by atoms with Gasteiger partial charge in [-0.25, -0.2) is 0 Å². The third-order valence-corrected chi connectivity index (χ3v) is 8.89. The largest absolute Gasteiger partial charge is 0.508 e. The Bertz CT molecular complexity index is 832. The van der Waals surface area contributed by atoms with Gasteiger partial charge in [0, 0.05) is 9.79 Å². The Balaban J connectivity index is 1.91. The van der Waals surface area contributed by atoms with Gasteiger partial charge in [0.05, 0.1) is 0 Å². The van der Waals surface area contributed by atoms with Crippen LogP contribution in [0.4, 0.5) is 0 Å². The van der Waals surface area contributed by atoms with Crippen LogP contribution in [-0.4, -0.2) is 10.2 Å². The number of phenols is 2. The van der Waals surface area contributed by atoms with E-state index in [2.05, 4.69) is 39.8 Å². The smallest absolute Gasteiger partial charge is 0.119 e. The van der Waals surface area contributed by atoms with Crippen LogP contribution in [0.2, 0.25) is 0 Å². The van der Waals surface area contributed by atoms with Crippen molar-refractivity contribution < 1.29 is 10.2 Å². The van der Waals surface area contributed by atoms with Crippen LogP contribution in [0, 0.1) is 13.8 Å². The molecule has 0 bridgehead atoms. The molecule has 0 aromatic heterocycles. The zero-order chi connectivity index (χ0) is 26.9. The van der Waals surface area contributed by atoms with Crippen LogP contribution in [0.15, 0.2) is 34.1 Å². The molecule has 0 spiro atoms. The van der Waals surface area contributed by atoms with Gasteiger partial charge in [-0.15, -0.1) is 0 Å². The Hall–Kier alpha value is -1.61. The fourth-order valence-electron chi connectivity index (χ4n) is 5.07. The quantitative estimate of drug-likeness (QED) is 0.169. The molecule has 0 fully saturated rings. The maximum absolute atomic E-state index is 10.6. The molecule has 2 N–H and O–H groups in total. The molecule has 0 saturated heterocycles. The van der Waals surface area contributed by atoms with Crippen molar-refractivity contribution in [1.29, 1.82) is 0 Å². The highest BCUT2D eigenvalue weighted by molar-refractivity contribution is 7.99. The van der Waals surface area contributed by atoms with Gasteiger partial charge in [-0.05, 0) is 86.1 Å². The van der Waals surface area contributed by atoms with Gasteiger partial charge in [-0.3, -0.25) is 0 Å². The molecule has 2 rings (SSSR count). The van der Waals surface area contributed by atoms with E-state index in [-0.39, 0.29) is 0 Å². The molecule has 0 amide bonds. The van der Waals surface area contributed by atoms with Crippen LogP contribution in [0.5, 0.6) is 11.5 Å². The molecular weight excluding hydrogens is 472 g/mol. The number of phenolic OH excluding ortho intramolecular Hbond substituents is 2. The van der Waals surface area contributed by atoms with Crippen molar-refractivity contribution >= 4 is 11.8 Å². The summed E-state index contributed by atoms with van der Waals surface area (Å²) in [7, 11) is 0. The van der Waals surface area contributed by atoms with Crippen LogP contribution < -0.4 is 0 Å². The predicted octanol–water partition coefficient (Wildman–Crippen LogP) is 11.2. The highest BCUT2D eigenvalue weighted by atomic mass is 32.2. The van der Waals surface area contributed by atoms with Gasteiger partial charge in [0.1, 0.15) is 11.5 Å². The number of hydrogen-bond donors (Lipinski definition) is 2. The summed E-state index contributed by atoms with van der Waals surface area (Å²) in [6, 6.07) is 8.25. The Morgan fingerprint density at radius 3 is 1.16 bits per heavy atom. The SMILES string of the molecule is CCCCCCCCCCc1cc(Sc2cc(CCCCCCCCCC)c(O)cc2C)c(C)cc1O. The van der Waals surface area contributed by atoms with Crippen molar-refractivity contribution in [3.63, 3.8) is 0 Å². The molecule has 0 saturated carbocycles. The first kappa shape index (κ1) is 31.6. The molecule has 2 aromatic rings. The molecule has 37 heavy (non-hydrogen) atoms. The highest BCUT2D eigenvalue weighted by Gasteiger charge is 2.12. The lowest BCUT2D eigenvalue weighted by molar-refractivity contribution is 0.464. The normalized spacial score (nSPS) is 11.4. The van der Waals surface area contributed by atoms with Gasteiger partial charge < -0.3 is 10.2 Å². The molecule has 2 nitrogen and oxygen atoms in total. The summed E-state index contributed by atoms with van der Waals surface area (Å²) >= 11 is 1.77. The maximum Gasteiger partial charge on any atom is 0.119 e. The lowest BCUT2D eigenvalue weighted by Gasteiger charge is -2.14. The van der Waals surface area contributed by atoms with Crippen molar-refractivity contribution in [2.45, 2.75) is 153 Å². The van der Waals surface area contributed by atoms with Crippen LogP contribution in [-0.2, 0) is 12.8 Å². The average Bonchev–Trinajstić information content (AvgIpc) is 2.87. The predicted molar refractivity (Wildman–Crippen MR) is 162 cm³/mol. The molecule has 2 aromatic carbocycles. The number of hydrogen-bond acceptors (Lipinski definition) is 3. The fourth-order valence-corrected chi connectivity index (χ4v) is 6.15. The summed E-state index contributed by atoms with van der Waals surface area (Å²) < 4.78 is 0. The first-order valence-corrected chi connectivity index (χ1v) is 16.1. The minimum Gasteiger partial charge on any atom is -0.508 e. The van der Waals surface area contributed by atoms with E-state index in [1.807, 2.05) is 12.1 Å². The van der Waals surface area contributed by atoms with Crippen LogP contribution in [0.1, 0.15) is 139 Å². The van der Waals surface area contributed by atoms with E-state index in [0.717, 1.165) is 47.9 Å². The van der Waals surface area contributed by atoms with Gasteiger partial charge in [-0.1, -0.05) is 116 Å². The second-order valence-corrected chi connectivity index (χ2v) is 12.1. The lowest BCUT2D eigenvalue weighted by atomic mass is 10.0. The second kappa shape index (κ2) is 18.6. The van der Waals surface area contributed by atoms with E-state index in [9.17, 15) is 10.2 Å². The van der Waals surface area contributed by atoms with Crippen molar-refractivity contribution in [2.24, 2.45) is 0 Å². The summed E-state index contributed by atoms with van der Waals surface area (Å²) in [5.74, 6) is 0.866. The summed E-state index contributed by atoms with van der Waals surface area (Å²) in [5, 5.41) is 21.2. The third-order valence-electron chi connectivity index (χ3n) is 7.57. The molecule has 0 heterocycles. The first-order valence-electron chi connectivity index (χ1n) is 15.3. The van der Waals surface area contributed by atoms with Crippen LogP contribution in [0.25, 0.3) is 0 Å². The van der Waals surface area contributed by atoms with Crippen LogP contribution >= 0.6 is 11.8 Å². The molecule has 0 aliphatic carbocycles. The van der Waals surface area contributed by atoms with E-state index in [0.29, 0.717) is 11.5 Å². The molecule has 0 aliphatic heterocycles. The van der Waals surface area contributed by atoms with Gasteiger partial charge >= 0.3 is 0 Å². The number of aromatic hydroxyl groups is 2. The van der Waals surface area contributed by atoms with Crippen molar-refractivity contribution in [3.8, 4) is 11.5 Å². The summed E-state index contributed by atoms with van der Waals surface area (Å²) in [5.41, 5.74) is 4.35. The van der Waals surface area contributed by atoms with Crippen molar-refractivity contribution in [2.75, 3.05) is 0 Å². The molecule has 0 unspecified atom stereocenters. The second-order valence-electron chi connectivity index (χ2n) is 11.0. The molecule has 3 heteroatoms. The van der Waals surface area contributed by atoms with Gasteiger partial charge in [0.15, 0.2) is 0 Å². The Morgan fingerprint density at radius 1 is 0.486 bits per heavy atom. The molecule has 0 aliphatic rings. The van der Waals surface area contributed by atoms with Crippen molar-refractivity contribution in [3.05, 3.63) is 46.5 Å². The zero-order valence-electron chi connectivity index (χ0n) is 24.3. The molecule has 208 valence electrons. The van der Waals surface area contributed by atoms with E-state index in [4.69, 9.17) is 0 Å². The first-order chi connectivity index (χ1) is 18.0. The van der Waals surface area contributed by atoms with Gasteiger partial charge in [0.25, 0.3) is 0 Å². The number of aryl methyl sites for hydroxylation is 4. The molecule has 0 radical (unpaired) electrons.